The summed E-state index contributed by atoms with van der Waals surface area (Å²) in [4.78, 5) is 37.5. The van der Waals surface area contributed by atoms with Crippen LogP contribution >= 0.6 is 0 Å². The molecule has 1 amide bonds. The molecular formula is C19H31N3O4. The molecule has 0 saturated heterocycles. The summed E-state index contributed by atoms with van der Waals surface area (Å²) in [5.41, 5.74) is -0.785. The fourth-order valence-corrected chi connectivity index (χ4v) is 3.51. The number of nitrogens with one attached hydrogen (secondary N) is 2. The highest BCUT2D eigenvalue weighted by Crippen LogP contribution is 2.27. The number of anilines is 2. The number of hydrogen-bond donors (Lipinski definition) is 2. The zero-order chi connectivity index (χ0) is 19.5. The lowest BCUT2D eigenvalue weighted by molar-refractivity contribution is 0.0482. The van der Waals surface area contributed by atoms with Crippen LogP contribution in [0.4, 0.5) is 16.2 Å². The quantitative estimate of drug-likeness (QED) is 0.752. The second-order valence-corrected chi connectivity index (χ2v) is 8.31. The van der Waals surface area contributed by atoms with Crippen molar-refractivity contribution in [3.63, 3.8) is 0 Å². The molecule has 1 unspecified atom stereocenters. The van der Waals surface area contributed by atoms with E-state index in [2.05, 4.69) is 10.6 Å². The van der Waals surface area contributed by atoms with Crippen LogP contribution in [0.25, 0.3) is 0 Å². The molecule has 146 valence electrons. The molecule has 0 heterocycles. The van der Waals surface area contributed by atoms with Gasteiger partial charge >= 0.3 is 6.09 Å². The van der Waals surface area contributed by atoms with Crippen LogP contribution in [0.3, 0.4) is 0 Å². The Balaban J connectivity index is 2.07. The molecule has 7 heteroatoms. The number of ether oxygens (including phenoxy) is 1. The Morgan fingerprint density at radius 1 is 1.15 bits per heavy atom. The largest absolute Gasteiger partial charge is 0.444 e. The smallest absolute Gasteiger partial charge is 0.407 e. The Kier molecular flexibility index (Phi) is 6.31. The van der Waals surface area contributed by atoms with Crippen LogP contribution in [0, 0.1) is 5.92 Å². The number of amides is 1. The van der Waals surface area contributed by atoms with Crippen molar-refractivity contribution in [1.82, 2.24) is 5.32 Å². The number of alkyl carbamates (subject to hydrolysis) is 1. The third-order valence-corrected chi connectivity index (χ3v) is 4.75. The van der Waals surface area contributed by atoms with Gasteiger partial charge < -0.3 is 20.3 Å². The van der Waals surface area contributed by atoms with Crippen molar-refractivity contribution in [1.29, 1.82) is 0 Å². The highest BCUT2D eigenvalue weighted by atomic mass is 16.6. The molecule has 0 aliphatic heterocycles. The summed E-state index contributed by atoms with van der Waals surface area (Å²) in [6.07, 6.45) is 5.11. The first-order valence-corrected chi connectivity index (χ1v) is 9.34. The lowest BCUT2D eigenvalue weighted by Gasteiger charge is -2.32. The third kappa shape index (κ3) is 4.99. The molecule has 2 rings (SSSR count). The summed E-state index contributed by atoms with van der Waals surface area (Å²) in [6.45, 7) is 5.88. The molecule has 1 aliphatic rings. The van der Waals surface area contributed by atoms with Gasteiger partial charge in [-0.05, 0) is 39.5 Å². The Morgan fingerprint density at radius 3 is 2.31 bits per heavy atom. The first kappa shape index (κ1) is 20.3. The predicted molar refractivity (Wildman–Crippen MR) is 104 cm³/mol. The minimum Gasteiger partial charge on any atom is -0.444 e. The van der Waals surface area contributed by atoms with E-state index in [0.717, 1.165) is 25.7 Å². The van der Waals surface area contributed by atoms with Gasteiger partial charge in [-0.15, -0.1) is 0 Å². The average Bonchev–Trinajstić information content (AvgIpc) is 2.55. The number of carbonyl (C=O) groups is 1. The normalized spacial score (nSPS) is 17.0. The van der Waals surface area contributed by atoms with Gasteiger partial charge in [0, 0.05) is 20.6 Å². The Labute approximate surface area is 154 Å². The second-order valence-electron chi connectivity index (χ2n) is 8.31. The van der Waals surface area contributed by atoms with E-state index in [4.69, 9.17) is 4.74 Å². The molecule has 1 saturated carbocycles. The van der Waals surface area contributed by atoms with Crippen molar-refractivity contribution in [2.75, 3.05) is 30.9 Å². The van der Waals surface area contributed by atoms with Crippen LogP contribution in [-0.4, -0.2) is 38.4 Å². The van der Waals surface area contributed by atoms with Crippen molar-refractivity contribution in [2.45, 2.75) is 64.5 Å². The topological polar surface area (TPSA) is 87.7 Å². The van der Waals surface area contributed by atoms with E-state index in [1.807, 2.05) is 20.8 Å². The molecular weight excluding hydrogens is 334 g/mol. The molecule has 7 nitrogen and oxygen atoms in total. The molecule has 1 aliphatic carbocycles. The van der Waals surface area contributed by atoms with Gasteiger partial charge in [0.1, 0.15) is 17.0 Å². The fourth-order valence-electron chi connectivity index (χ4n) is 3.51. The highest BCUT2D eigenvalue weighted by Gasteiger charge is 2.29. The van der Waals surface area contributed by atoms with Gasteiger partial charge in [0.15, 0.2) is 0 Å². The van der Waals surface area contributed by atoms with Gasteiger partial charge in [-0.3, -0.25) is 9.59 Å². The van der Waals surface area contributed by atoms with E-state index < -0.39 is 22.6 Å². The van der Waals surface area contributed by atoms with Crippen molar-refractivity contribution >= 4 is 17.5 Å². The van der Waals surface area contributed by atoms with E-state index in [0.29, 0.717) is 23.8 Å². The van der Waals surface area contributed by atoms with Crippen LogP contribution in [0.5, 0.6) is 0 Å². The molecule has 0 radical (unpaired) electrons. The van der Waals surface area contributed by atoms with E-state index in [9.17, 15) is 14.4 Å². The number of carbonyl (C=O) groups excluding carboxylic acids is 1. The van der Waals surface area contributed by atoms with Gasteiger partial charge in [-0.1, -0.05) is 19.3 Å². The van der Waals surface area contributed by atoms with Crippen molar-refractivity contribution < 1.29 is 9.53 Å². The molecule has 1 fully saturated rings. The van der Waals surface area contributed by atoms with Crippen LogP contribution in [-0.2, 0) is 4.74 Å². The first-order valence-electron chi connectivity index (χ1n) is 9.34. The van der Waals surface area contributed by atoms with E-state index in [1.54, 1.807) is 19.0 Å². The van der Waals surface area contributed by atoms with Crippen LogP contribution < -0.4 is 26.4 Å². The van der Waals surface area contributed by atoms with E-state index in [-0.39, 0.29) is 6.04 Å². The SMILES string of the molecule is CN(C)c1c(NCC(NC(=O)OC(C)(C)C)C2CCCCC2)c(=O)c1=O. The zero-order valence-electron chi connectivity index (χ0n) is 16.5. The lowest BCUT2D eigenvalue weighted by atomic mass is 9.84. The first-order chi connectivity index (χ1) is 12.1. The van der Waals surface area contributed by atoms with E-state index in [1.165, 1.54) is 6.42 Å². The maximum atomic E-state index is 12.2. The summed E-state index contributed by atoms with van der Waals surface area (Å²) < 4.78 is 5.38. The number of rotatable bonds is 6. The van der Waals surface area contributed by atoms with Gasteiger partial charge in [-0.25, -0.2) is 4.79 Å². The maximum Gasteiger partial charge on any atom is 0.407 e. The van der Waals surface area contributed by atoms with Crippen molar-refractivity contribution in [2.24, 2.45) is 5.92 Å². The fraction of sp³-hybridized carbons (Fsp3) is 0.737. The predicted octanol–water partition coefficient (Wildman–Crippen LogP) is 2.23. The summed E-state index contributed by atoms with van der Waals surface area (Å²) >= 11 is 0. The molecule has 0 aromatic heterocycles. The lowest BCUT2D eigenvalue weighted by Crippen LogP contribution is -2.48. The minimum atomic E-state index is -0.564. The molecule has 1 aromatic carbocycles. The van der Waals surface area contributed by atoms with Crippen LogP contribution in [0.1, 0.15) is 52.9 Å². The Hall–Kier alpha value is -2.05. The summed E-state index contributed by atoms with van der Waals surface area (Å²) in [5, 5.41) is 6.05. The molecule has 26 heavy (non-hydrogen) atoms. The Morgan fingerprint density at radius 2 is 1.77 bits per heavy atom. The highest BCUT2D eigenvalue weighted by molar-refractivity contribution is 5.75. The summed E-state index contributed by atoms with van der Waals surface area (Å²) in [7, 11) is 3.47. The van der Waals surface area contributed by atoms with Gasteiger partial charge in [-0.2, -0.15) is 0 Å². The number of nitrogens with zero attached hydrogens (tertiary/aromatic N) is 1. The van der Waals surface area contributed by atoms with Crippen LogP contribution in [0.2, 0.25) is 0 Å². The van der Waals surface area contributed by atoms with Crippen molar-refractivity contribution in [3.05, 3.63) is 20.4 Å². The second kappa shape index (κ2) is 8.10. The van der Waals surface area contributed by atoms with Gasteiger partial charge in [0.2, 0.25) is 0 Å². The van der Waals surface area contributed by atoms with Gasteiger partial charge in [0.25, 0.3) is 10.9 Å². The average molecular weight is 365 g/mol. The molecule has 0 bridgehead atoms. The Bertz CT molecular complexity index is 692. The molecule has 1 atom stereocenters. The molecule has 0 spiro atoms. The van der Waals surface area contributed by atoms with Crippen LogP contribution in [0.15, 0.2) is 9.59 Å². The summed E-state index contributed by atoms with van der Waals surface area (Å²) in [6, 6.07) is -0.149. The molecule has 1 aromatic rings. The third-order valence-electron chi connectivity index (χ3n) is 4.75. The minimum absolute atomic E-state index is 0.149. The number of hydrogen-bond acceptors (Lipinski definition) is 6. The van der Waals surface area contributed by atoms with E-state index >= 15 is 0 Å². The maximum absolute atomic E-state index is 12.2. The monoisotopic (exact) mass is 365 g/mol. The molecule has 2 N–H and O–H groups in total. The van der Waals surface area contributed by atoms with Gasteiger partial charge in [0.05, 0.1) is 6.04 Å². The summed E-state index contributed by atoms with van der Waals surface area (Å²) in [5.74, 6) is 0.332. The standard InChI is InChI=1S/C19H31N3O4/c1-19(2,3)26-18(25)21-13(12-9-7-6-8-10-12)11-20-14-15(22(4)5)17(24)16(14)23/h12-13,20H,6-11H2,1-5H3,(H,21,25). The zero-order valence-corrected chi connectivity index (χ0v) is 16.5. The van der Waals surface area contributed by atoms with Crippen molar-refractivity contribution in [3.8, 4) is 0 Å².